The van der Waals surface area contributed by atoms with E-state index < -0.39 is 5.60 Å². The number of nitriles is 4. The van der Waals surface area contributed by atoms with Crippen molar-refractivity contribution in [1.29, 1.82) is 21.0 Å². The Morgan fingerprint density at radius 1 is 0.714 bits per heavy atom. The molecule has 0 atom stereocenters. The fourth-order valence-electron chi connectivity index (χ4n) is 5.63. The van der Waals surface area contributed by atoms with E-state index in [1.165, 1.54) is 0 Å². The molecule has 0 spiro atoms. The highest BCUT2D eigenvalue weighted by atomic mass is 16.5. The van der Waals surface area contributed by atoms with E-state index in [1.54, 1.807) is 33.1 Å². The van der Waals surface area contributed by atoms with Gasteiger partial charge >= 0.3 is 0 Å². The molecule has 0 N–H and O–H groups in total. The maximum Gasteiger partial charge on any atom is 0.172 e. The molecule has 5 rings (SSSR count). The van der Waals surface area contributed by atoms with Crippen LogP contribution in [-0.4, -0.2) is 26.8 Å². The van der Waals surface area contributed by atoms with Crippen molar-refractivity contribution in [3.05, 3.63) is 136 Å². The molecule has 0 aliphatic carbocycles. The Morgan fingerprint density at radius 3 is 1.76 bits per heavy atom. The minimum atomic E-state index is -0.964. The molecule has 7 heteroatoms. The number of ether oxygens (including phenoxy) is 2. The smallest absolute Gasteiger partial charge is 0.172 e. The Labute approximate surface area is 287 Å². The molecular weight excluding hydrogens is 606 g/mol. The van der Waals surface area contributed by atoms with Crippen molar-refractivity contribution in [2.75, 3.05) is 26.1 Å². The normalized spacial score (nSPS) is 13.4. The van der Waals surface area contributed by atoms with E-state index in [4.69, 9.17) is 9.47 Å². The van der Waals surface area contributed by atoms with Crippen LogP contribution in [0.1, 0.15) is 36.1 Å². The first-order chi connectivity index (χ1) is 23.6. The van der Waals surface area contributed by atoms with Gasteiger partial charge in [0.25, 0.3) is 0 Å². The molecule has 1 heterocycles. The van der Waals surface area contributed by atoms with Gasteiger partial charge in [-0.2, -0.15) is 21.0 Å². The molecule has 0 radical (unpaired) electrons. The van der Waals surface area contributed by atoms with Crippen molar-refractivity contribution in [2.24, 2.45) is 0 Å². The first kappa shape index (κ1) is 33.6. The predicted molar refractivity (Wildman–Crippen MR) is 193 cm³/mol. The van der Waals surface area contributed by atoms with E-state index in [9.17, 15) is 21.0 Å². The summed E-state index contributed by atoms with van der Waals surface area (Å²) in [6, 6.07) is 35.8. The maximum absolute atomic E-state index is 10.1. The van der Waals surface area contributed by atoms with E-state index >= 15 is 0 Å². The Morgan fingerprint density at radius 2 is 1.27 bits per heavy atom. The van der Waals surface area contributed by atoms with Gasteiger partial charge in [-0.05, 0) is 101 Å². The lowest BCUT2D eigenvalue weighted by molar-refractivity contribution is 0.0954. The Kier molecular flexibility index (Phi) is 9.80. The number of anilines is 1. The van der Waals surface area contributed by atoms with Gasteiger partial charge in [-0.15, -0.1) is 0 Å². The van der Waals surface area contributed by atoms with Gasteiger partial charge in [-0.25, -0.2) is 0 Å². The summed E-state index contributed by atoms with van der Waals surface area (Å²) in [5, 5.41) is 38.6. The molecular formula is C42H33N5O2. The minimum Gasteiger partial charge on any atom is -0.497 e. The number of nitrogens with zero attached hydrogens (tertiary/aromatic N) is 5. The first-order valence-corrected chi connectivity index (χ1v) is 15.5. The molecule has 7 nitrogen and oxygen atoms in total. The average molecular weight is 640 g/mol. The summed E-state index contributed by atoms with van der Waals surface area (Å²) in [4.78, 5) is 2.06. The van der Waals surface area contributed by atoms with Crippen molar-refractivity contribution in [3.63, 3.8) is 0 Å². The zero-order valence-corrected chi connectivity index (χ0v) is 27.9. The van der Waals surface area contributed by atoms with Crippen LogP contribution in [0.4, 0.5) is 5.69 Å². The van der Waals surface area contributed by atoms with Crippen molar-refractivity contribution < 1.29 is 9.47 Å². The van der Waals surface area contributed by atoms with E-state index in [-0.39, 0.29) is 16.9 Å². The largest absolute Gasteiger partial charge is 0.497 e. The first-order valence-electron chi connectivity index (χ1n) is 15.5. The van der Waals surface area contributed by atoms with Crippen LogP contribution in [-0.2, 0) is 4.74 Å². The second-order valence-electron chi connectivity index (χ2n) is 12.0. The number of hydrogen-bond donors (Lipinski definition) is 0. The van der Waals surface area contributed by atoms with Gasteiger partial charge in [0.2, 0.25) is 0 Å². The van der Waals surface area contributed by atoms with Crippen molar-refractivity contribution >= 4 is 23.9 Å². The molecule has 238 valence electrons. The summed E-state index contributed by atoms with van der Waals surface area (Å²) in [6.07, 6.45) is 7.92. The fourth-order valence-corrected chi connectivity index (χ4v) is 5.63. The highest BCUT2D eigenvalue weighted by Crippen LogP contribution is 2.41. The lowest BCUT2D eigenvalue weighted by Crippen LogP contribution is -2.20. The molecule has 0 saturated carbocycles. The van der Waals surface area contributed by atoms with Crippen LogP contribution in [0.3, 0.4) is 0 Å². The van der Waals surface area contributed by atoms with E-state index in [0.29, 0.717) is 11.1 Å². The summed E-state index contributed by atoms with van der Waals surface area (Å²) in [5.41, 5.74) is 7.76. The molecule has 49 heavy (non-hydrogen) atoms. The lowest BCUT2D eigenvalue weighted by atomic mass is 9.88. The van der Waals surface area contributed by atoms with Crippen LogP contribution in [0.25, 0.3) is 40.5 Å². The van der Waals surface area contributed by atoms with Gasteiger partial charge in [0.1, 0.15) is 35.1 Å². The predicted octanol–water partition coefficient (Wildman–Crippen LogP) is 9.08. The topological polar surface area (TPSA) is 117 Å². The van der Waals surface area contributed by atoms with Crippen molar-refractivity contribution in [2.45, 2.75) is 19.4 Å². The quantitative estimate of drug-likeness (QED) is 0.139. The molecule has 1 aliphatic rings. The molecule has 0 unspecified atom stereocenters. The molecule has 4 aromatic rings. The third-order valence-corrected chi connectivity index (χ3v) is 8.31. The number of methoxy groups -OCH3 is 1. The Bertz CT molecular complexity index is 2170. The van der Waals surface area contributed by atoms with E-state index in [0.717, 1.165) is 50.4 Å². The second kappa shape index (κ2) is 14.3. The van der Waals surface area contributed by atoms with Gasteiger partial charge in [0, 0.05) is 25.4 Å². The van der Waals surface area contributed by atoms with Gasteiger partial charge in [-0.1, -0.05) is 60.7 Å². The number of allylic oxidation sites excluding steroid dienone is 2. The number of hydrogen-bond acceptors (Lipinski definition) is 7. The number of benzene rings is 4. The standard InChI is InChI=1S/C42H33N5O2/c1-42(2)40(39(27-46)41(49-42)34(25-44)26-45)21-16-33-23-38(31-14-19-36(48-5)20-15-31)32(13-6-28-9-17-35(18-10-28)47(3)4)22-37(33)30-11-7-29(24-43)8-12-30/h6-23H,1-5H3/b13-6+,21-16+. The molecule has 0 bridgehead atoms. The zero-order chi connectivity index (χ0) is 35.1. The number of rotatable bonds is 8. The fraction of sp³-hybridized carbons (Fsp3) is 0.143. The van der Waals surface area contributed by atoms with Crippen molar-refractivity contribution in [3.8, 4) is 52.3 Å². The van der Waals surface area contributed by atoms with Crippen molar-refractivity contribution in [1.82, 2.24) is 0 Å². The summed E-state index contributed by atoms with van der Waals surface area (Å²) in [6.45, 7) is 3.60. The molecule has 0 aromatic heterocycles. The minimum absolute atomic E-state index is 0.0116. The summed E-state index contributed by atoms with van der Waals surface area (Å²) < 4.78 is 11.4. The third kappa shape index (κ3) is 7.13. The molecule has 0 saturated heterocycles. The second-order valence-corrected chi connectivity index (χ2v) is 12.0. The Hall–Kier alpha value is -6.80. The van der Waals surface area contributed by atoms with Gasteiger partial charge in [0.05, 0.1) is 18.7 Å². The maximum atomic E-state index is 10.1. The Balaban J connectivity index is 1.74. The van der Waals surface area contributed by atoms with Crippen LogP contribution in [0.2, 0.25) is 0 Å². The third-order valence-electron chi connectivity index (χ3n) is 8.31. The van der Waals surface area contributed by atoms with Gasteiger partial charge in [-0.3, -0.25) is 0 Å². The highest BCUT2D eigenvalue weighted by molar-refractivity contribution is 5.89. The highest BCUT2D eigenvalue weighted by Gasteiger charge is 2.38. The van der Waals surface area contributed by atoms with E-state index in [1.807, 2.05) is 74.8 Å². The zero-order valence-electron chi connectivity index (χ0n) is 27.9. The molecule has 0 amide bonds. The lowest BCUT2D eigenvalue weighted by Gasteiger charge is -2.21. The van der Waals surface area contributed by atoms with Gasteiger partial charge < -0.3 is 14.4 Å². The monoisotopic (exact) mass is 639 g/mol. The summed E-state index contributed by atoms with van der Waals surface area (Å²) in [5.74, 6) is 0.732. The summed E-state index contributed by atoms with van der Waals surface area (Å²) >= 11 is 0. The van der Waals surface area contributed by atoms with E-state index in [2.05, 4.69) is 65.6 Å². The van der Waals surface area contributed by atoms with Crippen LogP contribution in [0.15, 0.2) is 113 Å². The molecule has 4 aromatic carbocycles. The van der Waals surface area contributed by atoms with Crippen LogP contribution in [0.5, 0.6) is 5.75 Å². The summed E-state index contributed by atoms with van der Waals surface area (Å²) in [7, 11) is 5.66. The van der Waals surface area contributed by atoms with Crippen LogP contribution < -0.4 is 9.64 Å². The van der Waals surface area contributed by atoms with Crippen LogP contribution >= 0.6 is 0 Å². The average Bonchev–Trinajstić information content (AvgIpc) is 3.39. The molecule has 0 fully saturated rings. The SMILES string of the molecule is COc1ccc(-c2cc(/C=C/C3=C(C#N)C(=C(C#N)C#N)OC3(C)C)c(-c3ccc(C#N)cc3)cc2/C=C/c2ccc(N(C)C)cc2)cc1. The van der Waals surface area contributed by atoms with Crippen LogP contribution in [0, 0.1) is 45.3 Å². The van der Waals surface area contributed by atoms with Gasteiger partial charge in [0.15, 0.2) is 11.3 Å². The molecule has 1 aliphatic heterocycles.